The van der Waals surface area contributed by atoms with Crippen LogP contribution in [0.25, 0.3) is 0 Å². The molecule has 0 aliphatic heterocycles. The van der Waals surface area contributed by atoms with Crippen LogP contribution >= 0.6 is 0 Å². The number of sulfonamides is 1. The molecule has 106 valence electrons. The molecule has 0 fully saturated rings. The molecular weight excluding hydrogens is 281 g/mol. The molecule has 1 heterocycles. The van der Waals surface area contributed by atoms with Crippen molar-refractivity contribution in [3.8, 4) is 0 Å². The number of benzene rings is 1. The van der Waals surface area contributed by atoms with E-state index in [9.17, 15) is 12.8 Å². The normalized spacial score (nSPS) is 11.3. The van der Waals surface area contributed by atoms with Crippen molar-refractivity contribution in [2.75, 3.05) is 10.5 Å². The second kappa shape index (κ2) is 5.09. The lowest BCUT2D eigenvalue weighted by Gasteiger charge is -2.11. The molecule has 0 aliphatic rings. The molecule has 1 aromatic heterocycles. The van der Waals surface area contributed by atoms with E-state index in [4.69, 9.17) is 5.73 Å². The van der Waals surface area contributed by atoms with Crippen LogP contribution in [0.1, 0.15) is 11.1 Å². The van der Waals surface area contributed by atoms with Gasteiger partial charge in [-0.3, -0.25) is 4.72 Å². The number of nitrogens with zero attached hydrogens (tertiary/aromatic N) is 1. The van der Waals surface area contributed by atoms with Crippen LogP contribution in [0.4, 0.5) is 15.9 Å². The second-order valence-corrected chi connectivity index (χ2v) is 6.09. The third-order valence-corrected chi connectivity index (χ3v) is 4.29. The number of rotatable bonds is 3. The minimum absolute atomic E-state index is 0.0216. The van der Waals surface area contributed by atoms with Gasteiger partial charge in [-0.2, -0.15) is 0 Å². The highest BCUT2D eigenvalue weighted by Crippen LogP contribution is 2.24. The number of pyridine rings is 1. The Hall–Kier alpha value is -2.15. The van der Waals surface area contributed by atoms with E-state index in [1.54, 1.807) is 13.0 Å². The standard InChI is InChI=1S/C13H14FN3O2S/c1-8-5-11(15)12(6-9(8)2)20(18,19)17-13-4-3-10(14)7-16-13/h3-7H,15H2,1-2H3,(H,16,17). The largest absolute Gasteiger partial charge is 0.398 e. The molecule has 0 saturated heterocycles. The Bertz CT molecular complexity index is 743. The second-order valence-electron chi connectivity index (χ2n) is 4.44. The predicted octanol–water partition coefficient (Wildman–Crippen LogP) is 2.22. The van der Waals surface area contributed by atoms with E-state index in [-0.39, 0.29) is 16.4 Å². The lowest BCUT2D eigenvalue weighted by molar-refractivity contribution is 0.600. The van der Waals surface area contributed by atoms with Crippen LogP contribution in [0.5, 0.6) is 0 Å². The summed E-state index contributed by atoms with van der Waals surface area (Å²) >= 11 is 0. The van der Waals surface area contributed by atoms with Gasteiger partial charge < -0.3 is 5.73 Å². The van der Waals surface area contributed by atoms with Crippen molar-refractivity contribution >= 4 is 21.5 Å². The van der Waals surface area contributed by atoms with Gasteiger partial charge in [-0.05, 0) is 49.2 Å². The lowest BCUT2D eigenvalue weighted by atomic mass is 10.1. The fourth-order valence-electron chi connectivity index (χ4n) is 1.67. The molecule has 0 spiro atoms. The first-order chi connectivity index (χ1) is 9.29. The Morgan fingerprint density at radius 1 is 1.20 bits per heavy atom. The molecule has 0 saturated carbocycles. The van der Waals surface area contributed by atoms with Crippen molar-refractivity contribution in [3.63, 3.8) is 0 Å². The van der Waals surface area contributed by atoms with E-state index < -0.39 is 15.8 Å². The minimum Gasteiger partial charge on any atom is -0.398 e. The van der Waals surface area contributed by atoms with E-state index in [0.29, 0.717) is 0 Å². The number of aryl methyl sites for hydroxylation is 2. The number of anilines is 2. The van der Waals surface area contributed by atoms with Crippen LogP contribution in [0, 0.1) is 19.7 Å². The molecule has 7 heteroatoms. The number of nitrogens with one attached hydrogen (secondary N) is 1. The molecule has 2 aromatic rings. The fourth-order valence-corrected chi connectivity index (χ4v) is 2.88. The molecule has 1 aromatic carbocycles. The van der Waals surface area contributed by atoms with Gasteiger partial charge in [0.25, 0.3) is 10.0 Å². The molecule has 0 bridgehead atoms. The number of nitrogen functional groups attached to an aromatic ring is 1. The highest BCUT2D eigenvalue weighted by atomic mass is 32.2. The van der Waals surface area contributed by atoms with Crippen molar-refractivity contribution in [3.05, 3.63) is 47.4 Å². The highest BCUT2D eigenvalue weighted by molar-refractivity contribution is 7.92. The molecular formula is C13H14FN3O2S. The summed E-state index contributed by atoms with van der Waals surface area (Å²) < 4.78 is 39.5. The summed E-state index contributed by atoms with van der Waals surface area (Å²) in [6.07, 6.45) is 0.932. The smallest absolute Gasteiger partial charge is 0.265 e. The van der Waals surface area contributed by atoms with E-state index in [1.165, 1.54) is 12.1 Å². The zero-order valence-corrected chi connectivity index (χ0v) is 11.8. The summed E-state index contributed by atoms with van der Waals surface area (Å²) in [5.41, 5.74) is 7.63. The van der Waals surface area contributed by atoms with Crippen LogP contribution in [0.3, 0.4) is 0 Å². The van der Waals surface area contributed by atoms with Crippen molar-refractivity contribution in [2.24, 2.45) is 0 Å². The van der Waals surface area contributed by atoms with Gasteiger partial charge in [-0.1, -0.05) is 0 Å². The maximum absolute atomic E-state index is 12.7. The SMILES string of the molecule is Cc1cc(N)c(S(=O)(=O)Nc2ccc(F)cn2)cc1C. The average Bonchev–Trinajstić information content (AvgIpc) is 2.36. The number of aromatic nitrogens is 1. The van der Waals surface area contributed by atoms with Crippen molar-refractivity contribution in [2.45, 2.75) is 18.7 Å². The van der Waals surface area contributed by atoms with E-state index in [0.717, 1.165) is 23.4 Å². The molecule has 0 atom stereocenters. The average molecular weight is 295 g/mol. The van der Waals surface area contributed by atoms with Gasteiger partial charge >= 0.3 is 0 Å². The first-order valence-corrected chi connectivity index (χ1v) is 7.29. The van der Waals surface area contributed by atoms with Gasteiger partial charge in [0.2, 0.25) is 0 Å². The fraction of sp³-hybridized carbons (Fsp3) is 0.154. The van der Waals surface area contributed by atoms with Gasteiger partial charge in [0, 0.05) is 0 Å². The zero-order valence-electron chi connectivity index (χ0n) is 11.0. The van der Waals surface area contributed by atoms with Gasteiger partial charge in [0.15, 0.2) is 0 Å². The van der Waals surface area contributed by atoms with Crippen molar-refractivity contribution < 1.29 is 12.8 Å². The van der Waals surface area contributed by atoms with Crippen LogP contribution in [0.15, 0.2) is 35.4 Å². The Morgan fingerprint density at radius 3 is 2.45 bits per heavy atom. The van der Waals surface area contributed by atoms with Crippen molar-refractivity contribution in [1.29, 1.82) is 0 Å². The van der Waals surface area contributed by atoms with E-state index in [2.05, 4.69) is 9.71 Å². The molecule has 2 rings (SSSR count). The monoisotopic (exact) mass is 295 g/mol. The van der Waals surface area contributed by atoms with Crippen LogP contribution in [-0.2, 0) is 10.0 Å². The number of hydrogen-bond donors (Lipinski definition) is 2. The third kappa shape index (κ3) is 2.88. The maximum atomic E-state index is 12.7. The third-order valence-electron chi connectivity index (χ3n) is 2.88. The number of nitrogens with two attached hydrogens (primary N) is 1. The molecule has 20 heavy (non-hydrogen) atoms. The predicted molar refractivity (Wildman–Crippen MR) is 75.3 cm³/mol. The first-order valence-electron chi connectivity index (χ1n) is 5.81. The molecule has 0 unspecified atom stereocenters. The summed E-state index contributed by atoms with van der Waals surface area (Å²) in [5.74, 6) is -0.511. The van der Waals surface area contributed by atoms with Crippen LogP contribution in [-0.4, -0.2) is 13.4 Å². The van der Waals surface area contributed by atoms with Gasteiger partial charge in [0.05, 0.1) is 11.9 Å². The maximum Gasteiger partial charge on any atom is 0.265 e. The summed E-state index contributed by atoms with van der Waals surface area (Å²) in [7, 11) is -3.86. The molecule has 0 radical (unpaired) electrons. The molecule has 0 aliphatic carbocycles. The summed E-state index contributed by atoms with van der Waals surface area (Å²) in [5, 5.41) is 0. The molecule has 0 amide bonds. The Labute approximate surface area is 116 Å². The summed E-state index contributed by atoms with van der Waals surface area (Å²) in [6, 6.07) is 5.46. The van der Waals surface area contributed by atoms with Gasteiger partial charge in [-0.15, -0.1) is 0 Å². The number of hydrogen-bond acceptors (Lipinski definition) is 4. The van der Waals surface area contributed by atoms with E-state index in [1.807, 2.05) is 6.92 Å². The van der Waals surface area contributed by atoms with Crippen LogP contribution < -0.4 is 10.5 Å². The zero-order chi connectivity index (χ0) is 14.9. The van der Waals surface area contributed by atoms with Gasteiger partial charge in [0.1, 0.15) is 16.5 Å². The van der Waals surface area contributed by atoms with Gasteiger partial charge in [-0.25, -0.2) is 17.8 Å². The summed E-state index contributed by atoms with van der Waals surface area (Å²) in [6.45, 7) is 3.64. The Kier molecular flexibility index (Phi) is 3.63. The first kappa shape index (κ1) is 14.3. The molecule has 3 N–H and O–H groups in total. The van der Waals surface area contributed by atoms with Crippen LogP contribution in [0.2, 0.25) is 0 Å². The topological polar surface area (TPSA) is 85.1 Å². The Morgan fingerprint density at radius 2 is 1.85 bits per heavy atom. The molecule has 5 nitrogen and oxygen atoms in total. The number of halogens is 1. The lowest BCUT2D eigenvalue weighted by Crippen LogP contribution is -2.16. The Balaban J connectivity index is 2.40. The quantitative estimate of drug-likeness (QED) is 0.850. The summed E-state index contributed by atoms with van der Waals surface area (Å²) in [4.78, 5) is 3.63. The van der Waals surface area contributed by atoms with E-state index >= 15 is 0 Å². The van der Waals surface area contributed by atoms with Crippen molar-refractivity contribution in [1.82, 2.24) is 4.98 Å². The minimum atomic E-state index is -3.86. The highest BCUT2D eigenvalue weighted by Gasteiger charge is 2.19.